The summed E-state index contributed by atoms with van der Waals surface area (Å²) in [6, 6.07) is 56.6. The molecular formula is C59H52Cl2Zr. The van der Waals surface area contributed by atoms with Crippen molar-refractivity contribution in [3.05, 3.63) is 179 Å². The van der Waals surface area contributed by atoms with Gasteiger partial charge in [0.15, 0.2) is 0 Å². The van der Waals surface area contributed by atoms with Crippen LogP contribution in [0.3, 0.4) is 0 Å². The largest absolute Gasteiger partial charge is 1.00 e. The van der Waals surface area contributed by atoms with E-state index in [1.165, 1.54) is 131 Å². The molecule has 0 spiro atoms. The standard InChI is InChI=1S/2C28H23.C3H6.2ClH.Zr/c2*1-2-9-19(8-1)23-17-22-12-7-15-26(27(22)18-23)28-24-13-5-3-10-20(24)16-21-11-4-6-14-25(21)28;1-3-2;;;/h2*3-7,10-19H,1-2,8-9H2;1-3H2;2*1H;/q;;;;;+2/p-2. The number of allylic oxidation sites excluding steroid dienone is 2. The summed E-state index contributed by atoms with van der Waals surface area (Å²) in [6.45, 7) is 0. The molecule has 1 aliphatic heterocycles. The molecule has 0 amide bonds. The van der Waals surface area contributed by atoms with Crippen LogP contribution in [0.5, 0.6) is 0 Å². The van der Waals surface area contributed by atoms with Gasteiger partial charge in [-0.25, -0.2) is 0 Å². The molecule has 3 heteroatoms. The van der Waals surface area contributed by atoms with Crippen LogP contribution in [0.25, 0.3) is 77.5 Å². The fourth-order valence-corrected chi connectivity index (χ4v) is 29.4. The van der Waals surface area contributed by atoms with Gasteiger partial charge in [0.2, 0.25) is 0 Å². The molecule has 0 radical (unpaired) electrons. The fourth-order valence-electron chi connectivity index (χ4n) is 13.7. The van der Waals surface area contributed by atoms with Gasteiger partial charge >= 0.3 is 362 Å². The zero-order chi connectivity index (χ0) is 39.4. The van der Waals surface area contributed by atoms with Gasteiger partial charge in [-0.05, 0) is 0 Å². The Morgan fingerprint density at radius 1 is 0.371 bits per heavy atom. The van der Waals surface area contributed by atoms with Gasteiger partial charge in [-0.15, -0.1) is 0 Å². The van der Waals surface area contributed by atoms with Crippen LogP contribution in [0, 0.1) is 11.8 Å². The Morgan fingerprint density at radius 2 is 0.726 bits per heavy atom. The maximum atomic E-state index is 2.83. The molecule has 0 bridgehead atoms. The van der Waals surface area contributed by atoms with Crippen molar-refractivity contribution in [2.75, 3.05) is 0 Å². The smallest absolute Gasteiger partial charge is 1.00 e. The quantitative estimate of drug-likeness (QED) is 0.146. The Balaban J connectivity index is 0.00000216. The summed E-state index contributed by atoms with van der Waals surface area (Å²) in [5.74, 6) is 1.45. The van der Waals surface area contributed by atoms with E-state index < -0.39 is 20.3 Å². The molecule has 2 saturated carbocycles. The van der Waals surface area contributed by atoms with E-state index in [9.17, 15) is 0 Å². The van der Waals surface area contributed by atoms with E-state index in [0.29, 0.717) is 7.25 Å². The SMILES string of the molecule is C1=C(C2CCCC2)[CH]([Zr+2]2([CH]3C(C4CCCC4)=Cc4c(-c5c6ccccc6cc6ccccc56)cccc43)[CH2]C[CH2]2)c2cccc(-c3c4ccccc4cc4ccccc34)c21.[Cl-].[Cl-]. The van der Waals surface area contributed by atoms with Crippen LogP contribution in [0.15, 0.2) is 157 Å². The summed E-state index contributed by atoms with van der Waals surface area (Å²) in [5, 5.41) is 10.9. The van der Waals surface area contributed by atoms with Crippen LogP contribution < -0.4 is 24.8 Å². The van der Waals surface area contributed by atoms with Gasteiger partial charge < -0.3 is 24.8 Å². The zero-order valence-corrected chi connectivity index (χ0v) is 39.3. The van der Waals surface area contributed by atoms with Crippen molar-refractivity contribution >= 4 is 55.2 Å². The Hall–Kier alpha value is -4.26. The molecule has 2 unspecified atom stereocenters. The van der Waals surface area contributed by atoms with E-state index in [1.54, 1.807) is 22.3 Å². The predicted molar refractivity (Wildman–Crippen MR) is 253 cm³/mol. The maximum absolute atomic E-state index is 3.17. The molecule has 8 aromatic carbocycles. The molecule has 2 atom stereocenters. The summed E-state index contributed by atoms with van der Waals surface area (Å²) >= 11 is -3.17. The molecule has 62 heavy (non-hydrogen) atoms. The van der Waals surface area contributed by atoms with Crippen LogP contribution in [0.1, 0.15) is 87.3 Å². The summed E-state index contributed by atoms with van der Waals surface area (Å²) in [4.78, 5) is 0. The first-order valence-corrected chi connectivity index (χ1v) is 29.6. The van der Waals surface area contributed by atoms with Gasteiger partial charge in [-0.2, -0.15) is 0 Å². The zero-order valence-electron chi connectivity index (χ0n) is 35.4. The third kappa shape index (κ3) is 6.08. The van der Waals surface area contributed by atoms with Crippen molar-refractivity contribution < 1.29 is 45.1 Å². The predicted octanol–water partition coefficient (Wildman–Crippen LogP) is 11.0. The van der Waals surface area contributed by atoms with Crippen molar-refractivity contribution in [3.63, 3.8) is 0 Å². The van der Waals surface area contributed by atoms with Gasteiger partial charge in [0.25, 0.3) is 0 Å². The topological polar surface area (TPSA) is 0 Å². The Bertz CT molecular complexity index is 2800. The summed E-state index contributed by atoms with van der Waals surface area (Å²) in [6.07, 6.45) is 18.1. The second kappa shape index (κ2) is 16.1. The van der Waals surface area contributed by atoms with E-state index in [0.717, 1.165) is 11.8 Å². The van der Waals surface area contributed by atoms with Crippen LogP contribution in [-0.4, -0.2) is 0 Å². The third-order valence-corrected chi connectivity index (χ3v) is 31.5. The minimum atomic E-state index is -3.17. The monoisotopic (exact) mass is 920 g/mol. The van der Waals surface area contributed by atoms with Crippen LogP contribution in [-0.2, 0) is 20.3 Å². The Kier molecular flexibility index (Phi) is 10.5. The average Bonchev–Trinajstić information content (AvgIpc) is 4.12. The number of rotatable bonds is 6. The van der Waals surface area contributed by atoms with Gasteiger partial charge in [-0.3, -0.25) is 0 Å². The molecule has 3 fully saturated rings. The molecule has 8 aromatic rings. The molecule has 1 saturated heterocycles. The third-order valence-electron chi connectivity index (χ3n) is 16.4. The van der Waals surface area contributed by atoms with Crippen molar-refractivity contribution in [1.82, 2.24) is 0 Å². The molecule has 0 N–H and O–H groups in total. The van der Waals surface area contributed by atoms with Crippen molar-refractivity contribution in [2.24, 2.45) is 11.8 Å². The first kappa shape index (κ1) is 40.5. The van der Waals surface area contributed by atoms with Crippen LogP contribution >= 0.6 is 0 Å². The van der Waals surface area contributed by atoms with Crippen LogP contribution in [0.2, 0.25) is 8.26 Å². The van der Waals surface area contributed by atoms with Crippen LogP contribution in [0.4, 0.5) is 0 Å². The second-order valence-corrected chi connectivity index (χ2v) is 30.6. The number of hydrogen-bond donors (Lipinski definition) is 0. The minimum absolute atomic E-state index is 0. The minimum Gasteiger partial charge on any atom is -1.00 e. The number of hydrogen-bond acceptors (Lipinski definition) is 0. The molecule has 1 heterocycles. The second-order valence-electron chi connectivity index (χ2n) is 19.2. The van der Waals surface area contributed by atoms with Crippen molar-refractivity contribution in [1.29, 1.82) is 0 Å². The maximum Gasteiger partial charge on any atom is -1.00 e. The van der Waals surface area contributed by atoms with E-state index in [1.807, 2.05) is 11.1 Å². The molecule has 13 rings (SSSR count). The number of halogens is 2. The van der Waals surface area contributed by atoms with E-state index in [4.69, 9.17) is 0 Å². The first-order chi connectivity index (χ1) is 29.7. The van der Waals surface area contributed by atoms with E-state index in [2.05, 4.69) is 158 Å². The molecular weight excluding hydrogens is 871 g/mol. The van der Waals surface area contributed by atoms with Gasteiger partial charge in [0, 0.05) is 0 Å². The molecule has 0 nitrogen and oxygen atoms in total. The Labute approximate surface area is 383 Å². The number of fused-ring (bicyclic) bond motifs is 6. The average molecular weight is 923 g/mol. The molecule has 5 aliphatic rings. The molecule has 0 aromatic heterocycles. The molecule has 4 aliphatic carbocycles. The first-order valence-electron chi connectivity index (χ1n) is 23.3. The van der Waals surface area contributed by atoms with Gasteiger partial charge in [-0.1, -0.05) is 0 Å². The van der Waals surface area contributed by atoms with Gasteiger partial charge in [0.05, 0.1) is 0 Å². The van der Waals surface area contributed by atoms with Crippen molar-refractivity contribution in [3.8, 4) is 22.3 Å². The number of benzene rings is 8. The van der Waals surface area contributed by atoms with E-state index in [-0.39, 0.29) is 24.8 Å². The fraction of sp³-hybridized carbons (Fsp3) is 0.254. The summed E-state index contributed by atoms with van der Waals surface area (Å²) in [7, 11) is 0. The summed E-state index contributed by atoms with van der Waals surface area (Å²) < 4.78 is 4.32. The van der Waals surface area contributed by atoms with E-state index >= 15 is 0 Å². The normalized spacial score (nSPS) is 19.9. The van der Waals surface area contributed by atoms with Crippen molar-refractivity contribution in [2.45, 2.75) is 73.3 Å². The summed E-state index contributed by atoms with van der Waals surface area (Å²) in [5.41, 5.74) is 16.1. The molecule has 306 valence electrons. The van der Waals surface area contributed by atoms with Gasteiger partial charge in [0.1, 0.15) is 0 Å². The Morgan fingerprint density at radius 3 is 1.06 bits per heavy atom.